The smallest absolute Gasteiger partial charge is 0.00103 e. The molecule has 0 heterocycles. The lowest BCUT2D eigenvalue weighted by molar-refractivity contribution is 0.541. The predicted octanol–water partition coefficient (Wildman–Crippen LogP) is 2.86. The molecular formula is C10H23NS. The maximum Gasteiger partial charge on any atom is 0.00103 e. The minimum absolute atomic E-state index is 0.641. The van der Waals surface area contributed by atoms with Crippen LogP contribution in [0, 0.1) is 0 Å². The molecule has 2 heteroatoms. The highest BCUT2D eigenvalue weighted by molar-refractivity contribution is 7.80. The van der Waals surface area contributed by atoms with Crippen LogP contribution in [0.4, 0.5) is 0 Å². The van der Waals surface area contributed by atoms with E-state index in [2.05, 4.69) is 31.8 Å². The molecule has 0 aromatic carbocycles. The van der Waals surface area contributed by atoms with Crippen molar-refractivity contribution in [1.29, 1.82) is 0 Å². The van der Waals surface area contributed by atoms with Crippen molar-refractivity contribution in [2.75, 3.05) is 12.3 Å². The molecule has 0 fully saturated rings. The molecule has 1 N–H and O–H groups in total. The number of rotatable bonds is 8. The zero-order valence-electron chi connectivity index (χ0n) is 8.47. The second-order valence-corrected chi connectivity index (χ2v) is 4.05. The van der Waals surface area contributed by atoms with Gasteiger partial charge in [-0.2, -0.15) is 12.6 Å². The van der Waals surface area contributed by atoms with E-state index >= 15 is 0 Å². The molecule has 0 rings (SSSR count). The van der Waals surface area contributed by atoms with Crippen molar-refractivity contribution in [3.05, 3.63) is 0 Å². The lowest BCUT2D eigenvalue weighted by Crippen LogP contribution is -2.23. The molecule has 0 radical (unpaired) electrons. The topological polar surface area (TPSA) is 12.0 Å². The first-order valence-electron chi connectivity index (χ1n) is 5.11. The summed E-state index contributed by atoms with van der Waals surface area (Å²) >= 11 is 4.18. The van der Waals surface area contributed by atoms with E-state index in [0.717, 1.165) is 5.75 Å². The first-order valence-corrected chi connectivity index (χ1v) is 5.75. The first-order chi connectivity index (χ1) is 5.77. The summed E-state index contributed by atoms with van der Waals surface area (Å²) in [6.07, 6.45) is 6.70. The van der Waals surface area contributed by atoms with Crippen LogP contribution >= 0.6 is 12.6 Å². The van der Waals surface area contributed by atoms with Crippen LogP contribution in [-0.2, 0) is 0 Å². The predicted molar refractivity (Wildman–Crippen MR) is 60.1 cm³/mol. The van der Waals surface area contributed by atoms with Gasteiger partial charge in [-0.15, -0.1) is 0 Å². The maximum absolute atomic E-state index is 4.18. The Kier molecular flexibility index (Phi) is 9.64. The molecule has 0 unspecified atom stereocenters. The van der Waals surface area contributed by atoms with Crippen molar-refractivity contribution >= 4 is 12.6 Å². The molecule has 0 spiro atoms. The van der Waals surface area contributed by atoms with E-state index in [4.69, 9.17) is 0 Å². The van der Waals surface area contributed by atoms with Crippen LogP contribution < -0.4 is 5.32 Å². The second-order valence-electron chi connectivity index (χ2n) is 3.60. The zero-order valence-corrected chi connectivity index (χ0v) is 9.37. The molecule has 0 aliphatic rings. The van der Waals surface area contributed by atoms with E-state index in [-0.39, 0.29) is 0 Å². The average molecular weight is 189 g/mol. The molecule has 0 saturated heterocycles. The van der Waals surface area contributed by atoms with Crippen molar-refractivity contribution < 1.29 is 0 Å². The summed E-state index contributed by atoms with van der Waals surface area (Å²) in [6.45, 7) is 5.57. The fourth-order valence-electron chi connectivity index (χ4n) is 1.16. The molecule has 74 valence electrons. The number of unbranched alkanes of at least 4 members (excludes halogenated alkanes) is 4. The minimum Gasteiger partial charge on any atom is -0.315 e. The largest absolute Gasteiger partial charge is 0.315 e. The fraction of sp³-hybridized carbons (Fsp3) is 1.00. The number of nitrogens with one attached hydrogen (secondary N) is 1. The Morgan fingerprint density at radius 3 is 2.17 bits per heavy atom. The summed E-state index contributed by atoms with van der Waals surface area (Å²) < 4.78 is 0. The highest BCUT2D eigenvalue weighted by atomic mass is 32.1. The maximum atomic E-state index is 4.18. The van der Waals surface area contributed by atoms with Gasteiger partial charge in [0.15, 0.2) is 0 Å². The van der Waals surface area contributed by atoms with Crippen LogP contribution in [0.3, 0.4) is 0 Å². The first kappa shape index (κ1) is 12.3. The van der Waals surface area contributed by atoms with E-state index in [1.54, 1.807) is 0 Å². The van der Waals surface area contributed by atoms with Crippen LogP contribution in [-0.4, -0.2) is 18.3 Å². The number of hydrogen-bond acceptors (Lipinski definition) is 2. The van der Waals surface area contributed by atoms with Crippen LogP contribution in [0.1, 0.15) is 46.0 Å². The highest BCUT2D eigenvalue weighted by Crippen LogP contribution is 2.02. The van der Waals surface area contributed by atoms with Gasteiger partial charge in [0.2, 0.25) is 0 Å². The van der Waals surface area contributed by atoms with E-state index < -0.39 is 0 Å². The van der Waals surface area contributed by atoms with Crippen molar-refractivity contribution in [2.24, 2.45) is 0 Å². The molecule has 0 aromatic rings. The summed E-state index contributed by atoms with van der Waals surface area (Å²) in [5, 5.41) is 3.42. The van der Waals surface area contributed by atoms with E-state index in [0.29, 0.717) is 6.04 Å². The van der Waals surface area contributed by atoms with Crippen molar-refractivity contribution in [1.82, 2.24) is 5.32 Å². The SMILES string of the molecule is CC(C)NCCCCCCCS. The Labute approximate surface area is 82.7 Å². The Morgan fingerprint density at radius 1 is 1.00 bits per heavy atom. The standard InChI is InChI=1S/C10H23NS/c1-10(2)11-8-6-4-3-5-7-9-12/h10-12H,3-9H2,1-2H3. The highest BCUT2D eigenvalue weighted by Gasteiger charge is 1.92. The molecule has 0 aromatic heterocycles. The summed E-state index contributed by atoms with van der Waals surface area (Å²) in [4.78, 5) is 0. The summed E-state index contributed by atoms with van der Waals surface area (Å²) in [6, 6.07) is 0.641. The molecule has 0 atom stereocenters. The lowest BCUT2D eigenvalue weighted by Gasteiger charge is -2.06. The van der Waals surface area contributed by atoms with Gasteiger partial charge >= 0.3 is 0 Å². The fourth-order valence-corrected chi connectivity index (χ4v) is 1.38. The van der Waals surface area contributed by atoms with Gasteiger partial charge < -0.3 is 5.32 Å². The van der Waals surface area contributed by atoms with Gasteiger partial charge in [0.1, 0.15) is 0 Å². The van der Waals surface area contributed by atoms with Gasteiger partial charge in [0.05, 0.1) is 0 Å². The summed E-state index contributed by atoms with van der Waals surface area (Å²) in [5.74, 6) is 1.05. The monoisotopic (exact) mass is 189 g/mol. The molecule has 0 aliphatic carbocycles. The van der Waals surface area contributed by atoms with Crippen molar-refractivity contribution in [3.8, 4) is 0 Å². The Bertz CT molecular complexity index is 83.9. The molecule has 12 heavy (non-hydrogen) atoms. The Hall–Kier alpha value is 0.310. The Morgan fingerprint density at radius 2 is 1.58 bits per heavy atom. The van der Waals surface area contributed by atoms with Gasteiger partial charge in [-0.05, 0) is 25.1 Å². The van der Waals surface area contributed by atoms with Crippen LogP contribution in [0.2, 0.25) is 0 Å². The molecule has 0 bridgehead atoms. The summed E-state index contributed by atoms with van der Waals surface area (Å²) in [5.41, 5.74) is 0. The Balaban J connectivity index is 2.82. The van der Waals surface area contributed by atoms with Gasteiger partial charge in [-0.1, -0.05) is 33.1 Å². The molecule has 0 saturated carbocycles. The van der Waals surface area contributed by atoms with Crippen LogP contribution in [0.25, 0.3) is 0 Å². The van der Waals surface area contributed by atoms with E-state index in [1.807, 2.05) is 0 Å². The summed E-state index contributed by atoms with van der Waals surface area (Å²) in [7, 11) is 0. The number of hydrogen-bond donors (Lipinski definition) is 2. The average Bonchev–Trinajstić information content (AvgIpc) is 2.02. The van der Waals surface area contributed by atoms with Crippen molar-refractivity contribution in [2.45, 2.75) is 52.0 Å². The van der Waals surface area contributed by atoms with Crippen molar-refractivity contribution in [3.63, 3.8) is 0 Å². The van der Waals surface area contributed by atoms with Crippen LogP contribution in [0.5, 0.6) is 0 Å². The minimum atomic E-state index is 0.641. The third-order valence-corrected chi connectivity index (χ3v) is 2.20. The molecule has 0 amide bonds. The van der Waals surface area contributed by atoms with Gasteiger partial charge in [0, 0.05) is 6.04 Å². The lowest BCUT2D eigenvalue weighted by atomic mass is 10.1. The number of thiol groups is 1. The van der Waals surface area contributed by atoms with Gasteiger partial charge in [0.25, 0.3) is 0 Å². The second kappa shape index (κ2) is 9.40. The normalized spacial score (nSPS) is 11.0. The van der Waals surface area contributed by atoms with E-state index in [9.17, 15) is 0 Å². The molecule has 1 nitrogen and oxygen atoms in total. The van der Waals surface area contributed by atoms with Gasteiger partial charge in [-0.25, -0.2) is 0 Å². The zero-order chi connectivity index (χ0) is 9.23. The third kappa shape index (κ3) is 10.3. The quantitative estimate of drug-likeness (QED) is 0.442. The molecule has 0 aliphatic heterocycles. The molecular weight excluding hydrogens is 166 g/mol. The third-order valence-electron chi connectivity index (χ3n) is 1.89. The van der Waals surface area contributed by atoms with Gasteiger partial charge in [-0.3, -0.25) is 0 Å². The van der Waals surface area contributed by atoms with E-state index in [1.165, 1.54) is 38.6 Å². The van der Waals surface area contributed by atoms with Crippen LogP contribution in [0.15, 0.2) is 0 Å².